The van der Waals surface area contributed by atoms with Gasteiger partial charge >= 0.3 is 0 Å². The molecule has 214 valence electrons. The molecule has 2 heterocycles. The normalized spacial score (nSPS) is 21.2. The summed E-state index contributed by atoms with van der Waals surface area (Å²) >= 11 is 6.24. The van der Waals surface area contributed by atoms with Gasteiger partial charge in [-0.1, -0.05) is 11.6 Å². The van der Waals surface area contributed by atoms with Gasteiger partial charge in [-0.05, 0) is 62.6 Å². The number of benzene rings is 2. The maximum atomic E-state index is 15.2. The summed E-state index contributed by atoms with van der Waals surface area (Å²) in [5, 5.41) is -0.331. The van der Waals surface area contributed by atoms with Crippen molar-refractivity contribution in [3.63, 3.8) is 0 Å². The first-order valence-electron chi connectivity index (χ1n) is 12.6. The fraction of sp³-hybridized carbons (Fsp3) is 0.500. The molecule has 2 aliphatic rings. The zero-order chi connectivity index (χ0) is 28.2. The summed E-state index contributed by atoms with van der Waals surface area (Å²) in [6.45, 7) is 2.77. The Balaban J connectivity index is 1.47. The quantitative estimate of drug-likeness (QED) is 0.418. The third kappa shape index (κ3) is 7.56. The predicted molar refractivity (Wildman–Crippen MR) is 137 cm³/mol. The van der Waals surface area contributed by atoms with Crippen molar-refractivity contribution < 1.29 is 40.6 Å². The number of sulfonamides is 1. The number of alkyl halides is 1. The Hall–Kier alpha value is -2.54. The van der Waals surface area contributed by atoms with Gasteiger partial charge in [0.15, 0.2) is 11.6 Å². The number of carbonyl (C=O) groups excluding carboxylic acids is 1. The SMILES string of the molecule is C[C@]1(C(=O)NS(=O)(=O)c2cc(F)c(O[C@H](CCN3CC(F)C3)COc3ccc(F)cc3)c(Cl)c2)CCCCO1. The number of nitrogens with zero attached hydrogens (tertiary/aromatic N) is 1. The molecule has 2 aromatic carbocycles. The van der Waals surface area contributed by atoms with Gasteiger partial charge in [0.2, 0.25) is 0 Å². The molecule has 2 aromatic rings. The van der Waals surface area contributed by atoms with Crippen LogP contribution in [-0.4, -0.2) is 69.9 Å². The highest BCUT2D eigenvalue weighted by atomic mass is 35.5. The van der Waals surface area contributed by atoms with Gasteiger partial charge in [-0.3, -0.25) is 9.69 Å². The van der Waals surface area contributed by atoms with E-state index in [1.165, 1.54) is 31.2 Å². The van der Waals surface area contributed by atoms with Crippen LogP contribution in [0, 0.1) is 11.6 Å². The summed E-state index contributed by atoms with van der Waals surface area (Å²) in [6, 6.07) is 7.00. The molecule has 2 aliphatic heterocycles. The standard InChI is InChI=1S/C26H30ClF3N2O6S/c1-26(9-2-3-11-37-26)25(33)31-39(34,35)21-12-22(27)24(23(30)13-21)38-20(8-10-32-14-18(29)15-32)16-36-19-6-4-17(28)5-7-19/h4-7,12-13,18,20H,2-3,8-11,14-16H2,1H3,(H,31,33)/t20-,26-/m1/s1. The number of ether oxygens (including phenoxy) is 3. The molecule has 0 aromatic heterocycles. The first kappa shape index (κ1) is 29.4. The lowest BCUT2D eigenvalue weighted by atomic mass is 9.95. The van der Waals surface area contributed by atoms with E-state index >= 15 is 4.39 Å². The van der Waals surface area contributed by atoms with Gasteiger partial charge in [0.05, 0.1) is 9.92 Å². The molecule has 0 radical (unpaired) electrons. The molecule has 0 saturated carbocycles. The van der Waals surface area contributed by atoms with E-state index in [2.05, 4.69) is 0 Å². The molecule has 0 bridgehead atoms. The van der Waals surface area contributed by atoms with E-state index in [-0.39, 0.29) is 24.7 Å². The van der Waals surface area contributed by atoms with Crippen LogP contribution < -0.4 is 14.2 Å². The molecule has 1 amide bonds. The van der Waals surface area contributed by atoms with Gasteiger partial charge in [0, 0.05) is 32.7 Å². The summed E-state index contributed by atoms with van der Waals surface area (Å²) in [5.41, 5.74) is -1.31. The van der Waals surface area contributed by atoms with Crippen LogP contribution in [0.3, 0.4) is 0 Å². The zero-order valence-electron chi connectivity index (χ0n) is 21.3. The number of hydrogen-bond donors (Lipinski definition) is 1. The molecule has 0 spiro atoms. The van der Waals surface area contributed by atoms with Crippen LogP contribution in [0.4, 0.5) is 13.2 Å². The highest BCUT2D eigenvalue weighted by Crippen LogP contribution is 2.33. The molecule has 1 N–H and O–H groups in total. The smallest absolute Gasteiger partial charge is 0.265 e. The maximum absolute atomic E-state index is 15.2. The second-order valence-electron chi connectivity index (χ2n) is 9.84. The first-order valence-corrected chi connectivity index (χ1v) is 14.4. The lowest BCUT2D eigenvalue weighted by molar-refractivity contribution is -0.148. The number of amides is 1. The largest absolute Gasteiger partial charge is 0.490 e. The lowest BCUT2D eigenvalue weighted by Crippen LogP contribution is -2.50. The predicted octanol–water partition coefficient (Wildman–Crippen LogP) is 4.25. The molecule has 39 heavy (non-hydrogen) atoms. The van der Waals surface area contributed by atoms with Crippen molar-refractivity contribution in [1.82, 2.24) is 9.62 Å². The van der Waals surface area contributed by atoms with E-state index in [9.17, 15) is 22.0 Å². The second kappa shape index (κ2) is 12.3. The Bertz CT molecular complexity index is 1250. The van der Waals surface area contributed by atoms with Crippen LogP contribution >= 0.6 is 11.6 Å². The molecule has 8 nitrogen and oxygen atoms in total. The number of likely N-dealkylation sites (tertiary alicyclic amines) is 1. The van der Waals surface area contributed by atoms with Crippen LogP contribution in [0.1, 0.15) is 32.6 Å². The average molecular weight is 591 g/mol. The second-order valence-corrected chi connectivity index (χ2v) is 11.9. The molecule has 13 heteroatoms. The van der Waals surface area contributed by atoms with Crippen LogP contribution in [-0.2, 0) is 19.6 Å². The fourth-order valence-corrected chi connectivity index (χ4v) is 5.71. The highest BCUT2D eigenvalue weighted by Gasteiger charge is 2.38. The fourth-order valence-electron chi connectivity index (χ4n) is 4.29. The molecule has 2 atom stereocenters. The third-order valence-electron chi connectivity index (χ3n) is 6.67. The Kier molecular flexibility index (Phi) is 9.30. The summed E-state index contributed by atoms with van der Waals surface area (Å²) in [4.78, 5) is 13.9. The van der Waals surface area contributed by atoms with Crippen LogP contribution in [0.25, 0.3) is 0 Å². The molecule has 2 fully saturated rings. The van der Waals surface area contributed by atoms with Crippen molar-refractivity contribution >= 4 is 27.5 Å². The summed E-state index contributed by atoms with van der Waals surface area (Å²) in [5.74, 6) is -2.39. The Labute approximate surface area is 230 Å². The molecule has 0 unspecified atom stereocenters. The van der Waals surface area contributed by atoms with Crippen molar-refractivity contribution in [2.24, 2.45) is 0 Å². The Morgan fingerprint density at radius 1 is 1.23 bits per heavy atom. The van der Waals surface area contributed by atoms with Crippen molar-refractivity contribution in [2.45, 2.75) is 55.4 Å². The van der Waals surface area contributed by atoms with E-state index in [1.807, 2.05) is 9.62 Å². The summed E-state index contributed by atoms with van der Waals surface area (Å²) in [6.07, 6.45) is 0.483. The minimum absolute atomic E-state index is 0.0665. The van der Waals surface area contributed by atoms with E-state index < -0.39 is 56.1 Å². The molecule has 2 saturated heterocycles. The van der Waals surface area contributed by atoms with Gasteiger partial charge in [-0.15, -0.1) is 0 Å². The van der Waals surface area contributed by atoms with Crippen LogP contribution in [0.15, 0.2) is 41.3 Å². The number of hydrogen-bond acceptors (Lipinski definition) is 7. The zero-order valence-corrected chi connectivity index (χ0v) is 22.9. The van der Waals surface area contributed by atoms with E-state index in [0.717, 1.165) is 12.5 Å². The monoisotopic (exact) mass is 590 g/mol. The van der Waals surface area contributed by atoms with Crippen LogP contribution in [0.5, 0.6) is 11.5 Å². The van der Waals surface area contributed by atoms with Crippen molar-refractivity contribution in [3.8, 4) is 11.5 Å². The molecular weight excluding hydrogens is 561 g/mol. The third-order valence-corrected chi connectivity index (χ3v) is 8.26. The van der Waals surface area contributed by atoms with Gasteiger partial charge in [-0.2, -0.15) is 0 Å². The number of rotatable bonds is 11. The van der Waals surface area contributed by atoms with Gasteiger partial charge in [0.25, 0.3) is 15.9 Å². The Morgan fingerprint density at radius 3 is 2.56 bits per heavy atom. The highest BCUT2D eigenvalue weighted by molar-refractivity contribution is 7.90. The van der Waals surface area contributed by atoms with Gasteiger partial charge < -0.3 is 14.2 Å². The Morgan fingerprint density at radius 2 is 1.95 bits per heavy atom. The summed E-state index contributed by atoms with van der Waals surface area (Å²) < 4.78 is 86.2. The first-order chi connectivity index (χ1) is 18.4. The van der Waals surface area contributed by atoms with Crippen molar-refractivity contribution in [1.29, 1.82) is 0 Å². The van der Waals surface area contributed by atoms with Gasteiger partial charge in [-0.25, -0.2) is 26.3 Å². The average Bonchev–Trinajstić information content (AvgIpc) is 2.87. The molecular formula is C26H30ClF3N2O6S. The maximum Gasteiger partial charge on any atom is 0.265 e. The summed E-state index contributed by atoms with van der Waals surface area (Å²) in [7, 11) is -4.47. The van der Waals surface area contributed by atoms with E-state index in [4.69, 9.17) is 25.8 Å². The number of halogens is 4. The van der Waals surface area contributed by atoms with Crippen molar-refractivity contribution in [3.05, 3.63) is 53.1 Å². The minimum Gasteiger partial charge on any atom is -0.490 e. The van der Waals surface area contributed by atoms with Gasteiger partial charge in [0.1, 0.15) is 36.1 Å². The number of carbonyl (C=O) groups is 1. The molecule has 0 aliphatic carbocycles. The molecule has 4 rings (SSSR count). The van der Waals surface area contributed by atoms with Crippen molar-refractivity contribution in [2.75, 3.05) is 32.8 Å². The topological polar surface area (TPSA) is 94.2 Å². The number of nitrogens with one attached hydrogen (secondary N) is 1. The van der Waals surface area contributed by atoms with E-state index in [0.29, 0.717) is 44.2 Å². The van der Waals surface area contributed by atoms with Crippen LogP contribution in [0.2, 0.25) is 5.02 Å². The lowest BCUT2D eigenvalue weighted by Gasteiger charge is -2.35. The minimum atomic E-state index is -4.47. The van der Waals surface area contributed by atoms with E-state index in [1.54, 1.807) is 0 Å².